The molecule has 0 spiro atoms. The van der Waals surface area contributed by atoms with Gasteiger partial charge >= 0.3 is 0 Å². The van der Waals surface area contributed by atoms with Crippen molar-refractivity contribution in [2.24, 2.45) is 0 Å². The van der Waals surface area contributed by atoms with Crippen LogP contribution in [0.15, 0.2) is 35.7 Å². The highest BCUT2D eigenvalue weighted by Crippen LogP contribution is 2.19. The van der Waals surface area contributed by atoms with Crippen molar-refractivity contribution in [1.29, 1.82) is 0 Å². The highest BCUT2D eigenvalue weighted by molar-refractivity contribution is 14.1. The topological polar surface area (TPSA) is 58.2 Å². The van der Waals surface area contributed by atoms with Gasteiger partial charge in [0.05, 0.1) is 8.45 Å². The number of nitrogens with one attached hydrogen (secondary N) is 2. The first kappa shape index (κ1) is 14.0. The van der Waals surface area contributed by atoms with Gasteiger partial charge in [0.1, 0.15) is 0 Å². The Kier molecular flexibility index (Phi) is 4.54. The number of halogens is 1. The molecule has 0 aliphatic rings. The molecule has 4 nitrogen and oxygen atoms in total. The molecule has 6 heteroatoms. The van der Waals surface area contributed by atoms with Gasteiger partial charge in [-0.25, -0.2) is 0 Å². The molecular weight excluding hydrogens is 375 g/mol. The Morgan fingerprint density at radius 2 is 1.84 bits per heavy atom. The lowest BCUT2D eigenvalue weighted by atomic mass is 10.2. The van der Waals surface area contributed by atoms with E-state index in [1.807, 2.05) is 11.4 Å². The van der Waals surface area contributed by atoms with Crippen molar-refractivity contribution < 1.29 is 9.59 Å². The maximum atomic E-state index is 12.0. The van der Waals surface area contributed by atoms with Gasteiger partial charge in [0.2, 0.25) is 5.91 Å². The fraction of sp³-hybridized carbons (Fsp3) is 0.0769. The molecule has 0 atom stereocenters. The van der Waals surface area contributed by atoms with E-state index in [0.29, 0.717) is 16.9 Å². The van der Waals surface area contributed by atoms with Crippen LogP contribution in [0, 0.1) is 2.88 Å². The molecule has 0 bridgehead atoms. The largest absolute Gasteiger partial charge is 0.326 e. The van der Waals surface area contributed by atoms with Crippen LogP contribution in [0.5, 0.6) is 0 Å². The molecular formula is C13H11IN2O2S. The first-order chi connectivity index (χ1) is 9.04. The fourth-order valence-corrected chi connectivity index (χ4v) is 2.84. The van der Waals surface area contributed by atoms with Crippen LogP contribution in [0.2, 0.25) is 0 Å². The monoisotopic (exact) mass is 386 g/mol. The maximum absolute atomic E-state index is 12.0. The maximum Gasteiger partial charge on any atom is 0.256 e. The van der Waals surface area contributed by atoms with Crippen LogP contribution in [0.4, 0.5) is 11.4 Å². The van der Waals surface area contributed by atoms with E-state index in [2.05, 4.69) is 33.2 Å². The number of benzene rings is 1. The van der Waals surface area contributed by atoms with Crippen molar-refractivity contribution in [3.8, 4) is 0 Å². The molecule has 0 saturated heterocycles. The van der Waals surface area contributed by atoms with Crippen LogP contribution in [-0.4, -0.2) is 11.8 Å². The molecule has 0 saturated carbocycles. The third-order valence-corrected chi connectivity index (χ3v) is 4.06. The lowest BCUT2D eigenvalue weighted by Gasteiger charge is -2.07. The summed E-state index contributed by atoms with van der Waals surface area (Å²) in [7, 11) is 0. The zero-order chi connectivity index (χ0) is 13.8. The molecule has 2 amide bonds. The zero-order valence-corrected chi connectivity index (χ0v) is 13.0. The molecule has 2 N–H and O–H groups in total. The van der Waals surface area contributed by atoms with E-state index in [4.69, 9.17) is 0 Å². The predicted octanol–water partition coefficient (Wildman–Crippen LogP) is 3.56. The molecule has 1 heterocycles. The lowest BCUT2D eigenvalue weighted by Crippen LogP contribution is -2.11. The molecule has 2 rings (SSSR count). The third kappa shape index (κ3) is 4.03. The van der Waals surface area contributed by atoms with Crippen LogP contribution in [0.25, 0.3) is 0 Å². The number of carbonyl (C=O) groups excluding carboxylic acids is 2. The molecule has 98 valence electrons. The molecule has 0 aliphatic heterocycles. The van der Waals surface area contributed by atoms with Gasteiger partial charge in [0, 0.05) is 23.7 Å². The van der Waals surface area contributed by atoms with E-state index < -0.39 is 0 Å². The smallest absolute Gasteiger partial charge is 0.256 e. The Labute approximate surface area is 128 Å². The summed E-state index contributed by atoms with van der Waals surface area (Å²) in [6.07, 6.45) is 0. The minimum Gasteiger partial charge on any atom is -0.326 e. The van der Waals surface area contributed by atoms with Gasteiger partial charge in [-0.3, -0.25) is 9.59 Å². The van der Waals surface area contributed by atoms with E-state index in [9.17, 15) is 9.59 Å². The van der Waals surface area contributed by atoms with Crippen molar-refractivity contribution in [2.45, 2.75) is 6.92 Å². The molecule has 2 aromatic rings. The summed E-state index contributed by atoms with van der Waals surface area (Å²) in [5.74, 6) is -0.296. The second-order valence-electron chi connectivity index (χ2n) is 3.86. The molecule has 0 aliphatic carbocycles. The fourth-order valence-electron chi connectivity index (χ4n) is 1.51. The second kappa shape index (κ2) is 6.16. The normalized spacial score (nSPS) is 10.0. The number of amides is 2. The van der Waals surface area contributed by atoms with Crippen molar-refractivity contribution in [3.63, 3.8) is 0 Å². The zero-order valence-electron chi connectivity index (χ0n) is 10.1. The lowest BCUT2D eigenvalue weighted by molar-refractivity contribution is -0.114. The van der Waals surface area contributed by atoms with Crippen LogP contribution in [0.1, 0.15) is 17.3 Å². The van der Waals surface area contributed by atoms with Crippen LogP contribution in [-0.2, 0) is 4.79 Å². The highest BCUT2D eigenvalue weighted by Gasteiger charge is 2.08. The van der Waals surface area contributed by atoms with Crippen LogP contribution in [0.3, 0.4) is 0 Å². The Balaban J connectivity index is 2.10. The Hall–Kier alpha value is -1.41. The summed E-state index contributed by atoms with van der Waals surface area (Å²) in [5, 5.41) is 7.29. The highest BCUT2D eigenvalue weighted by atomic mass is 127. The summed E-state index contributed by atoms with van der Waals surface area (Å²) in [5.41, 5.74) is 1.95. The average Bonchev–Trinajstić information content (AvgIpc) is 2.75. The summed E-state index contributed by atoms with van der Waals surface area (Å²) < 4.78 is 1.06. The minimum atomic E-state index is -0.154. The molecule has 0 unspecified atom stereocenters. The SMILES string of the molecule is CC(=O)Nc1cccc(NC(=O)c2csc(I)c2)c1. The van der Waals surface area contributed by atoms with Gasteiger partial charge in [-0.05, 0) is 46.9 Å². The number of hydrogen-bond donors (Lipinski definition) is 2. The molecule has 19 heavy (non-hydrogen) atoms. The minimum absolute atomic E-state index is 0.143. The van der Waals surface area contributed by atoms with E-state index in [0.717, 1.165) is 2.88 Å². The van der Waals surface area contributed by atoms with Crippen LogP contribution < -0.4 is 10.6 Å². The number of anilines is 2. The Bertz CT molecular complexity index is 625. The van der Waals surface area contributed by atoms with Crippen molar-refractivity contribution >= 4 is 57.1 Å². The van der Waals surface area contributed by atoms with Crippen molar-refractivity contribution in [3.05, 3.63) is 44.2 Å². The van der Waals surface area contributed by atoms with Crippen molar-refractivity contribution in [1.82, 2.24) is 0 Å². The Morgan fingerprint density at radius 3 is 2.42 bits per heavy atom. The van der Waals surface area contributed by atoms with Crippen molar-refractivity contribution in [2.75, 3.05) is 10.6 Å². The van der Waals surface area contributed by atoms with E-state index in [1.165, 1.54) is 18.3 Å². The van der Waals surface area contributed by atoms with E-state index in [-0.39, 0.29) is 11.8 Å². The third-order valence-electron chi connectivity index (χ3n) is 2.27. The predicted molar refractivity (Wildman–Crippen MR) is 85.7 cm³/mol. The first-order valence-corrected chi connectivity index (χ1v) is 7.43. The number of rotatable bonds is 3. The number of thiophene rings is 1. The van der Waals surface area contributed by atoms with Gasteiger partial charge in [-0.1, -0.05) is 6.07 Å². The number of carbonyl (C=O) groups is 2. The summed E-state index contributed by atoms with van der Waals surface area (Å²) >= 11 is 3.70. The summed E-state index contributed by atoms with van der Waals surface area (Å²) in [6, 6.07) is 8.87. The van der Waals surface area contributed by atoms with Gasteiger partial charge in [-0.15, -0.1) is 11.3 Å². The number of hydrogen-bond acceptors (Lipinski definition) is 3. The summed E-state index contributed by atoms with van der Waals surface area (Å²) in [6.45, 7) is 1.44. The van der Waals surface area contributed by atoms with Gasteiger partial charge in [0.25, 0.3) is 5.91 Å². The summed E-state index contributed by atoms with van der Waals surface area (Å²) in [4.78, 5) is 22.9. The average molecular weight is 386 g/mol. The quantitative estimate of drug-likeness (QED) is 0.793. The van der Waals surface area contributed by atoms with Gasteiger partial charge < -0.3 is 10.6 Å². The molecule has 0 radical (unpaired) electrons. The molecule has 0 fully saturated rings. The Morgan fingerprint density at radius 1 is 1.16 bits per heavy atom. The van der Waals surface area contributed by atoms with E-state index in [1.54, 1.807) is 24.3 Å². The molecule has 1 aromatic carbocycles. The molecule has 1 aromatic heterocycles. The van der Waals surface area contributed by atoms with Gasteiger partial charge in [-0.2, -0.15) is 0 Å². The van der Waals surface area contributed by atoms with Crippen LogP contribution >= 0.6 is 33.9 Å². The second-order valence-corrected chi connectivity index (χ2v) is 6.66. The standard InChI is InChI=1S/C13H11IN2O2S/c1-8(17)15-10-3-2-4-11(6-10)16-13(18)9-5-12(14)19-7-9/h2-7H,1H3,(H,15,17)(H,16,18). The first-order valence-electron chi connectivity index (χ1n) is 5.47. The van der Waals surface area contributed by atoms with Gasteiger partial charge in [0.15, 0.2) is 0 Å². The van der Waals surface area contributed by atoms with E-state index >= 15 is 0 Å².